The number of hydrogen-bond acceptors (Lipinski definition) is 6. The third kappa shape index (κ3) is 4.91. The van der Waals surface area contributed by atoms with Gasteiger partial charge in [0, 0.05) is 18.7 Å². The lowest BCUT2D eigenvalue weighted by Crippen LogP contribution is -2.04. The molecule has 0 unspecified atom stereocenters. The molecule has 0 aliphatic rings. The van der Waals surface area contributed by atoms with Crippen LogP contribution in [0, 0.1) is 17.0 Å². The number of carbonyl (C=O) groups is 1. The summed E-state index contributed by atoms with van der Waals surface area (Å²) < 4.78 is 12.6. The number of allylic oxidation sites excluding steroid dienone is 1. The Hall–Kier alpha value is -3.94. The van der Waals surface area contributed by atoms with Gasteiger partial charge in [0.15, 0.2) is 0 Å². The van der Waals surface area contributed by atoms with E-state index in [9.17, 15) is 14.9 Å². The predicted octanol–water partition coefficient (Wildman–Crippen LogP) is 4.12. The number of benzene rings is 2. The quantitative estimate of drug-likeness (QED) is 0.241. The molecule has 2 aromatic carbocycles. The first kappa shape index (κ1) is 20.8. The van der Waals surface area contributed by atoms with Gasteiger partial charge < -0.3 is 9.47 Å². The molecule has 0 fully saturated rings. The molecule has 0 aliphatic heterocycles. The van der Waals surface area contributed by atoms with Gasteiger partial charge in [0.1, 0.15) is 23.8 Å². The number of carbonyl (C=O) groups excluding carboxylic acids is 1. The zero-order valence-electron chi connectivity index (χ0n) is 16.9. The minimum Gasteiger partial charge on any atom is -0.496 e. The first-order valence-corrected chi connectivity index (χ1v) is 9.14. The average molecular weight is 407 g/mol. The molecule has 1 aromatic heterocycles. The molecule has 0 aliphatic carbocycles. The van der Waals surface area contributed by atoms with E-state index in [1.165, 1.54) is 18.2 Å². The van der Waals surface area contributed by atoms with Gasteiger partial charge in [0.25, 0.3) is 5.69 Å². The van der Waals surface area contributed by atoms with Crippen molar-refractivity contribution in [2.24, 2.45) is 7.05 Å². The Morgan fingerprint density at radius 1 is 1.23 bits per heavy atom. The highest BCUT2D eigenvalue weighted by molar-refractivity contribution is 6.05. The van der Waals surface area contributed by atoms with Crippen LogP contribution in [0.15, 0.2) is 54.6 Å². The second-order valence-corrected chi connectivity index (χ2v) is 6.61. The third-order valence-corrected chi connectivity index (χ3v) is 4.41. The Morgan fingerprint density at radius 3 is 2.70 bits per heavy atom. The van der Waals surface area contributed by atoms with E-state index < -0.39 is 4.92 Å². The van der Waals surface area contributed by atoms with E-state index in [4.69, 9.17) is 9.47 Å². The number of nitro benzene ring substituents is 1. The van der Waals surface area contributed by atoms with Crippen molar-refractivity contribution in [2.45, 2.75) is 13.5 Å². The van der Waals surface area contributed by atoms with E-state index in [0.29, 0.717) is 17.2 Å². The smallest absolute Gasteiger partial charge is 0.273 e. The number of aromatic nitrogens is 2. The minimum atomic E-state index is -0.473. The van der Waals surface area contributed by atoms with Crippen LogP contribution in [0.3, 0.4) is 0 Å². The predicted molar refractivity (Wildman–Crippen MR) is 112 cm³/mol. The lowest BCUT2D eigenvalue weighted by atomic mass is 10.1. The highest BCUT2D eigenvalue weighted by atomic mass is 16.6. The lowest BCUT2D eigenvalue weighted by molar-refractivity contribution is -0.384. The summed E-state index contributed by atoms with van der Waals surface area (Å²) in [6, 6.07) is 13.2. The molecule has 8 nitrogen and oxygen atoms in total. The standard InChI is InChI=1S/C22H21N3O5/c1-15-11-20(24(2)23-15)21(26)9-7-16-8-10-22(29-3)17(12-16)14-30-19-6-4-5-18(13-19)25(27)28/h4-13H,14H2,1-3H3/b9-7+. The molecule has 30 heavy (non-hydrogen) atoms. The average Bonchev–Trinajstić information content (AvgIpc) is 3.08. The summed E-state index contributed by atoms with van der Waals surface area (Å²) in [6.45, 7) is 1.98. The molecular formula is C22H21N3O5. The monoisotopic (exact) mass is 407 g/mol. The van der Waals surface area contributed by atoms with Crippen molar-refractivity contribution in [2.75, 3.05) is 7.11 Å². The van der Waals surface area contributed by atoms with Crippen molar-refractivity contribution in [3.8, 4) is 11.5 Å². The fourth-order valence-corrected chi connectivity index (χ4v) is 2.96. The molecule has 0 radical (unpaired) electrons. The van der Waals surface area contributed by atoms with Crippen molar-refractivity contribution in [1.29, 1.82) is 0 Å². The molecule has 3 rings (SSSR count). The van der Waals surface area contributed by atoms with Crippen LogP contribution >= 0.6 is 0 Å². The summed E-state index contributed by atoms with van der Waals surface area (Å²) in [5, 5.41) is 15.1. The largest absolute Gasteiger partial charge is 0.496 e. The molecule has 0 N–H and O–H groups in total. The molecule has 1 heterocycles. The summed E-state index contributed by atoms with van der Waals surface area (Å²) in [5.74, 6) is 0.850. The van der Waals surface area contributed by atoms with Crippen LogP contribution < -0.4 is 9.47 Å². The number of aryl methyl sites for hydroxylation is 2. The minimum absolute atomic E-state index is 0.0416. The maximum Gasteiger partial charge on any atom is 0.273 e. The second kappa shape index (κ2) is 9.04. The van der Waals surface area contributed by atoms with Crippen molar-refractivity contribution >= 4 is 17.5 Å². The molecule has 0 amide bonds. The van der Waals surface area contributed by atoms with Crippen molar-refractivity contribution in [3.63, 3.8) is 0 Å². The zero-order valence-corrected chi connectivity index (χ0v) is 16.9. The Labute approximate surface area is 173 Å². The normalized spacial score (nSPS) is 10.9. The molecule has 154 valence electrons. The van der Waals surface area contributed by atoms with E-state index in [1.807, 2.05) is 19.1 Å². The maximum atomic E-state index is 12.4. The van der Waals surface area contributed by atoms with Gasteiger partial charge in [-0.3, -0.25) is 19.6 Å². The first-order chi connectivity index (χ1) is 14.4. The Balaban J connectivity index is 1.76. The van der Waals surface area contributed by atoms with Crippen molar-refractivity contribution < 1.29 is 19.2 Å². The number of nitro groups is 1. The zero-order chi connectivity index (χ0) is 21.7. The number of non-ortho nitro benzene ring substituents is 1. The van der Waals surface area contributed by atoms with E-state index >= 15 is 0 Å². The third-order valence-electron chi connectivity index (χ3n) is 4.41. The van der Waals surface area contributed by atoms with E-state index in [2.05, 4.69) is 5.10 Å². The fourth-order valence-electron chi connectivity index (χ4n) is 2.96. The van der Waals surface area contributed by atoms with Crippen LogP contribution in [0.25, 0.3) is 6.08 Å². The van der Waals surface area contributed by atoms with Crippen LogP contribution in [0.5, 0.6) is 11.5 Å². The van der Waals surface area contributed by atoms with E-state index in [-0.39, 0.29) is 18.1 Å². The number of hydrogen-bond donors (Lipinski definition) is 0. The molecule has 3 aromatic rings. The maximum absolute atomic E-state index is 12.4. The topological polar surface area (TPSA) is 96.5 Å². The Bertz CT molecular complexity index is 1120. The van der Waals surface area contributed by atoms with Gasteiger partial charge in [-0.05, 0) is 42.8 Å². The molecule has 0 saturated heterocycles. The van der Waals surface area contributed by atoms with Gasteiger partial charge in [-0.25, -0.2) is 0 Å². The molecule has 0 bridgehead atoms. The Kier molecular flexibility index (Phi) is 6.26. The number of ether oxygens (including phenoxy) is 2. The molecular weight excluding hydrogens is 386 g/mol. The lowest BCUT2D eigenvalue weighted by Gasteiger charge is -2.11. The molecule has 8 heteroatoms. The molecule has 0 saturated carbocycles. The van der Waals surface area contributed by atoms with Crippen LogP contribution in [-0.2, 0) is 13.7 Å². The van der Waals surface area contributed by atoms with Crippen molar-refractivity contribution in [3.05, 3.63) is 87.2 Å². The van der Waals surface area contributed by atoms with Gasteiger partial charge >= 0.3 is 0 Å². The van der Waals surface area contributed by atoms with Crippen LogP contribution in [-0.4, -0.2) is 27.6 Å². The van der Waals surface area contributed by atoms with Gasteiger partial charge in [-0.15, -0.1) is 0 Å². The highest BCUT2D eigenvalue weighted by Crippen LogP contribution is 2.25. The second-order valence-electron chi connectivity index (χ2n) is 6.61. The van der Waals surface area contributed by atoms with E-state index in [0.717, 1.165) is 16.8 Å². The number of nitrogens with zero attached hydrogens (tertiary/aromatic N) is 3. The van der Waals surface area contributed by atoms with Crippen LogP contribution in [0.2, 0.25) is 0 Å². The SMILES string of the molecule is COc1ccc(/C=C/C(=O)c2cc(C)nn2C)cc1COc1cccc([N+](=O)[O-])c1. The van der Waals surface area contributed by atoms with Gasteiger partial charge in [0.05, 0.1) is 23.8 Å². The summed E-state index contributed by atoms with van der Waals surface area (Å²) in [4.78, 5) is 22.8. The number of methoxy groups -OCH3 is 1. The fraction of sp³-hybridized carbons (Fsp3) is 0.182. The summed E-state index contributed by atoms with van der Waals surface area (Å²) in [6.07, 6.45) is 3.20. The van der Waals surface area contributed by atoms with Gasteiger partial charge in [-0.2, -0.15) is 5.10 Å². The van der Waals surface area contributed by atoms with Crippen LogP contribution in [0.4, 0.5) is 5.69 Å². The van der Waals surface area contributed by atoms with Crippen LogP contribution in [0.1, 0.15) is 27.3 Å². The molecule has 0 spiro atoms. The number of rotatable bonds is 8. The number of ketones is 1. The summed E-state index contributed by atoms with van der Waals surface area (Å²) >= 11 is 0. The van der Waals surface area contributed by atoms with E-state index in [1.54, 1.807) is 49.2 Å². The van der Waals surface area contributed by atoms with Crippen molar-refractivity contribution in [1.82, 2.24) is 9.78 Å². The van der Waals surface area contributed by atoms with Gasteiger partial charge in [0.2, 0.25) is 5.78 Å². The van der Waals surface area contributed by atoms with Gasteiger partial charge in [-0.1, -0.05) is 18.2 Å². The molecule has 0 atom stereocenters. The highest BCUT2D eigenvalue weighted by Gasteiger charge is 2.10. The summed E-state index contributed by atoms with van der Waals surface area (Å²) in [5.41, 5.74) is 2.78. The first-order valence-electron chi connectivity index (χ1n) is 9.14. The Morgan fingerprint density at radius 2 is 2.03 bits per heavy atom. The summed E-state index contributed by atoms with van der Waals surface area (Å²) in [7, 11) is 3.28.